The lowest BCUT2D eigenvalue weighted by atomic mass is 9.74. The third kappa shape index (κ3) is 5.75. The predicted molar refractivity (Wildman–Crippen MR) is 278 cm³/mol. The zero-order valence-corrected chi connectivity index (χ0v) is 38.6. The van der Waals surface area contributed by atoms with Crippen LogP contribution in [0.25, 0.3) is 43.8 Å². The van der Waals surface area contributed by atoms with Crippen molar-refractivity contribution in [1.29, 1.82) is 0 Å². The molecular weight excluding hydrogens is 888 g/mol. The zero-order chi connectivity index (χ0) is 42.7. The quantitative estimate of drug-likeness (QED) is 0.128. The summed E-state index contributed by atoms with van der Waals surface area (Å²) in [4.78, 5) is 5.08. The molecule has 2 heterocycles. The molecule has 0 amide bonds. The number of halogens is 1. The van der Waals surface area contributed by atoms with Crippen molar-refractivity contribution in [3.05, 3.63) is 224 Å². The van der Waals surface area contributed by atoms with E-state index in [0.29, 0.717) is 11.8 Å². The zero-order valence-electron chi connectivity index (χ0n) is 36.4. The first-order valence-electron chi connectivity index (χ1n) is 23.2. The number of fused-ring (bicyclic) bond motifs is 7. The third-order valence-corrected chi connectivity index (χ3v) is 16.5. The van der Waals surface area contributed by atoms with Gasteiger partial charge in [-0.2, -0.15) is 0 Å². The Morgan fingerprint density at radius 1 is 0.562 bits per heavy atom. The maximum absolute atomic E-state index is 2.66. The highest BCUT2D eigenvalue weighted by molar-refractivity contribution is 14.1. The van der Waals surface area contributed by atoms with E-state index >= 15 is 0 Å². The van der Waals surface area contributed by atoms with Gasteiger partial charge in [0.05, 0.1) is 0 Å². The van der Waals surface area contributed by atoms with E-state index in [-0.39, 0.29) is 5.41 Å². The summed E-state index contributed by atoms with van der Waals surface area (Å²) in [5.41, 5.74) is 21.6. The fraction of sp³-hybridized carbons (Fsp3) is 0.180. The average Bonchev–Trinajstić information content (AvgIpc) is 3.57. The van der Waals surface area contributed by atoms with Gasteiger partial charge in [-0.15, -0.1) is 0 Å². The van der Waals surface area contributed by atoms with Gasteiger partial charge in [0.2, 0.25) is 0 Å². The van der Waals surface area contributed by atoms with E-state index < -0.39 is 0 Å². The first-order valence-corrected chi connectivity index (χ1v) is 24.3. The van der Waals surface area contributed by atoms with E-state index in [2.05, 4.69) is 222 Å². The predicted octanol–water partition coefficient (Wildman–Crippen LogP) is 16.6. The van der Waals surface area contributed by atoms with Crippen molar-refractivity contribution in [1.82, 2.24) is 0 Å². The lowest BCUT2D eigenvalue weighted by Gasteiger charge is -2.36. The molecule has 13 rings (SSSR count). The average molecular weight is 937 g/mol. The molecule has 0 saturated heterocycles. The standard InChI is InChI=1S/C61H49IN2/c1-61(2)53-22-10-9-20-46(53)47-30-27-38(35-54(47)61)45-19-7-8-21-48(45)59-49-31-28-44(64-57-25-13-5-17-41(57)34-42-18-6-14-26-58(42)64)37-52(49)60(62)50-32-29-43(36-51(50)59)63-55-23-11-3-15-39(55)33-40-16-4-12-24-56(40)63/h3,5,7-15,17,19-32,35-37,46,53H,4,6,16,18,33-34H2,1-2H3. The van der Waals surface area contributed by atoms with Crippen LogP contribution in [0.3, 0.4) is 0 Å². The highest BCUT2D eigenvalue weighted by Crippen LogP contribution is 2.55. The topological polar surface area (TPSA) is 6.48 Å². The molecule has 0 fully saturated rings. The smallest absolute Gasteiger partial charge is 0.0496 e. The number of hydrogen-bond donors (Lipinski definition) is 0. The van der Waals surface area contributed by atoms with Gasteiger partial charge in [-0.25, -0.2) is 0 Å². The van der Waals surface area contributed by atoms with Crippen molar-refractivity contribution in [2.24, 2.45) is 5.92 Å². The Hall–Kier alpha value is -6.17. The lowest BCUT2D eigenvalue weighted by Crippen LogP contribution is -2.24. The Kier molecular flexibility index (Phi) is 8.79. The second-order valence-corrected chi connectivity index (χ2v) is 20.3. The molecule has 2 aliphatic heterocycles. The summed E-state index contributed by atoms with van der Waals surface area (Å²) in [6, 6.07) is 49.2. The van der Waals surface area contributed by atoms with Crippen LogP contribution in [0.5, 0.6) is 0 Å². The van der Waals surface area contributed by atoms with Crippen molar-refractivity contribution >= 4 is 66.9 Å². The van der Waals surface area contributed by atoms with Gasteiger partial charge >= 0.3 is 0 Å². The summed E-state index contributed by atoms with van der Waals surface area (Å²) in [5.74, 6) is 0.889. The first kappa shape index (κ1) is 38.3. The molecule has 310 valence electrons. The van der Waals surface area contributed by atoms with Crippen LogP contribution >= 0.6 is 22.6 Å². The summed E-state index contributed by atoms with van der Waals surface area (Å²) >= 11 is 2.66. The molecule has 0 aromatic heterocycles. The van der Waals surface area contributed by atoms with Gasteiger partial charge < -0.3 is 9.80 Å². The molecule has 4 aliphatic carbocycles. The fourth-order valence-electron chi connectivity index (χ4n) is 12.3. The van der Waals surface area contributed by atoms with Crippen molar-refractivity contribution in [2.75, 3.05) is 9.80 Å². The van der Waals surface area contributed by atoms with Crippen LogP contribution in [0.2, 0.25) is 0 Å². The molecule has 0 spiro atoms. The molecule has 2 atom stereocenters. The molecule has 64 heavy (non-hydrogen) atoms. The molecule has 0 radical (unpaired) electrons. The van der Waals surface area contributed by atoms with Crippen molar-refractivity contribution in [3.63, 3.8) is 0 Å². The Morgan fingerprint density at radius 3 is 1.84 bits per heavy atom. The second kappa shape index (κ2) is 14.7. The summed E-state index contributed by atoms with van der Waals surface area (Å²) in [5, 5.41) is 5.13. The van der Waals surface area contributed by atoms with E-state index in [1.165, 1.54) is 115 Å². The van der Waals surface area contributed by atoms with E-state index in [1.54, 1.807) is 0 Å². The van der Waals surface area contributed by atoms with Crippen LogP contribution in [0.15, 0.2) is 199 Å². The largest absolute Gasteiger partial charge is 0.310 e. The van der Waals surface area contributed by atoms with Gasteiger partial charge in [-0.3, -0.25) is 0 Å². The third-order valence-electron chi connectivity index (χ3n) is 15.4. The maximum Gasteiger partial charge on any atom is 0.0496 e. The molecule has 3 heteroatoms. The fourth-order valence-corrected chi connectivity index (χ4v) is 13.2. The van der Waals surface area contributed by atoms with Crippen molar-refractivity contribution < 1.29 is 0 Å². The number of anilines is 4. The summed E-state index contributed by atoms with van der Waals surface area (Å²) < 4.78 is 1.29. The molecule has 7 aromatic carbocycles. The minimum absolute atomic E-state index is 0.0293. The van der Waals surface area contributed by atoms with Gasteiger partial charge in [0, 0.05) is 43.6 Å². The molecule has 0 N–H and O–H groups in total. The number of hydrogen-bond acceptors (Lipinski definition) is 2. The Bertz CT molecular complexity index is 3350. The van der Waals surface area contributed by atoms with E-state index in [1.807, 2.05) is 0 Å². The minimum atomic E-state index is 0.0293. The lowest BCUT2D eigenvalue weighted by molar-refractivity contribution is 0.394. The molecule has 2 unspecified atom stereocenters. The number of benzene rings is 7. The van der Waals surface area contributed by atoms with Crippen LogP contribution in [0.4, 0.5) is 22.7 Å². The Balaban J connectivity index is 1.06. The van der Waals surface area contributed by atoms with Crippen LogP contribution in [-0.4, -0.2) is 0 Å². The number of para-hydroxylation sites is 2. The van der Waals surface area contributed by atoms with Gasteiger partial charge in [-0.1, -0.05) is 141 Å². The number of rotatable bonds is 4. The highest BCUT2D eigenvalue weighted by Gasteiger charge is 2.44. The first-order chi connectivity index (χ1) is 31.4. The Morgan fingerprint density at radius 2 is 1.16 bits per heavy atom. The van der Waals surface area contributed by atoms with Gasteiger partial charge in [0.1, 0.15) is 0 Å². The van der Waals surface area contributed by atoms with E-state index in [9.17, 15) is 0 Å². The molecule has 6 aliphatic rings. The minimum Gasteiger partial charge on any atom is -0.310 e. The van der Waals surface area contributed by atoms with Crippen LogP contribution in [-0.2, 0) is 18.3 Å². The summed E-state index contributed by atoms with van der Waals surface area (Å²) in [6.07, 6.45) is 25.3. The number of allylic oxidation sites excluding steroid dienone is 10. The summed E-state index contributed by atoms with van der Waals surface area (Å²) in [7, 11) is 0. The van der Waals surface area contributed by atoms with E-state index in [0.717, 1.165) is 38.5 Å². The van der Waals surface area contributed by atoms with Crippen LogP contribution in [0, 0.1) is 9.49 Å². The van der Waals surface area contributed by atoms with Crippen molar-refractivity contribution in [3.8, 4) is 22.3 Å². The normalized spacial score (nSPS) is 20.0. The van der Waals surface area contributed by atoms with Gasteiger partial charge in [0.15, 0.2) is 0 Å². The Labute approximate surface area is 390 Å². The molecule has 0 saturated carbocycles. The SMILES string of the molecule is CC1(C)c2cc(-c3ccccc3-c3c4ccc(N5C6=C(CCC=C6)Cc6ccccc65)cc4c(I)c4ccc(N5C6=C(CCC=C6)Cc6ccccc65)cc34)ccc2C2C=CC=CC21. The van der Waals surface area contributed by atoms with Crippen LogP contribution in [0.1, 0.15) is 67.7 Å². The molecular formula is C61H49IN2. The monoisotopic (exact) mass is 936 g/mol. The van der Waals surface area contributed by atoms with E-state index in [4.69, 9.17) is 0 Å². The molecule has 7 aromatic rings. The van der Waals surface area contributed by atoms with Crippen molar-refractivity contribution in [2.45, 2.75) is 63.7 Å². The van der Waals surface area contributed by atoms with Gasteiger partial charge in [0.25, 0.3) is 0 Å². The number of nitrogens with zero attached hydrogens (tertiary/aromatic N) is 2. The highest BCUT2D eigenvalue weighted by atomic mass is 127. The maximum atomic E-state index is 2.66. The van der Waals surface area contributed by atoms with Gasteiger partial charge in [-0.05, 0) is 198 Å². The summed E-state index contributed by atoms with van der Waals surface area (Å²) in [6.45, 7) is 4.89. The second-order valence-electron chi connectivity index (χ2n) is 19.2. The van der Waals surface area contributed by atoms with Crippen LogP contribution < -0.4 is 9.80 Å². The molecule has 2 nitrogen and oxygen atoms in total. The molecule has 0 bridgehead atoms.